The number of nitrogens with one attached hydrogen (secondary N) is 2. The number of aliphatic hydroxyl groups is 2. The largest absolute Gasteiger partial charge is 0.508 e. The van der Waals surface area contributed by atoms with Crippen molar-refractivity contribution in [3.63, 3.8) is 0 Å². The smallest absolute Gasteiger partial charge is 0.121 e. The minimum atomic E-state index is -0.709. The molecule has 1 atom stereocenters. The molecule has 18 heavy (non-hydrogen) atoms. The van der Waals surface area contributed by atoms with E-state index in [9.17, 15) is 10.2 Å². The monoisotopic (exact) mass is 248 g/mol. The van der Waals surface area contributed by atoms with Crippen LogP contribution in [0.3, 0.4) is 0 Å². The summed E-state index contributed by atoms with van der Waals surface area (Å²) in [4.78, 5) is 2.97. The van der Waals surface area contributed by atoms with Crippen molar-refractivity contribution >= 4 is 5.82 Å². The van der Waals surface area contributed by atoms with E-state index in [0.717, 1.165) is 5.82 Å². The number of hydrogen-bond acceptors (Lipinski definition) is 4. The highest BCUT2D eigenvalue weighted by atomic mass is 16.3. The Labute approximate surface area is 105 Å². The van der Waals surface area contributed by atoms with Gasteiger partial charge in [-0.25, -0.2) is 0 Å². The van der Waals surface area contributed by atoms with Gasteiger partial charge in [0.15, 0.2) is 0 Å². The van der Waals surface area contributed by atoms with Crippen molar-refractivity contribution in [2.45, 2.75) is 12.7 Å². The third kappa shape index (κ3) is 2.82. The van der Waals surface area contributed by atoms with Crippen LogP contribution in [-0.2, 0) is 6.61 Å². The van der Waals surface area contributed by atoms with E-state index >= 15 is 0 Å². The summed E-state index contributed by atoms with van der Waals surface area (Å²) in [6.07, 6.45) is 1.08. The average Bonchev–Trinajstić information content (AvgIpc) is 2.89. The Morgan fingerprint density at radius 3 is 2.78 bits per heavy atom. The van der Waals surface area contributed by atoms with Gasteiger partial charge in [-0.1, -0.05) is 6.07 Å². The van der Waals surface area contributed by atoms with E-state index in [-0.39, 0.29) is 12.4 Å². The zero-order valence-electron chi connectivity index (χ0n) is 9.80. The Morgan fingerprint density at radius 1 is 1.28 bits per heavy atom. The number of anilines is 1. The van der Waals surface area contributed by atoms with E-state index in [1.54, 1.807) is 18.3 Å². The van der Waals surface area contributed by atoms with Gasteiger partial charge in [0.05, 0.1) is 12.7 Å². The topological polar surface area (TPSA) is 88.5 Å². The molecule has 1 aromatic carbocycles. The highest BCUT2D eigenvalue weighted by molar-refractivity contribution is 5.38. The number of aliphatic hydroxyl groups excluding tert-OH is 2. The number of aromatic amines is 1. The SMILES string of the molecule is OCc1cc(C(O)CNc2ccc[nH]2)ccc1O. The summed E-state index contributed by atoms with van der Waals surface area (Å²) in [6, 6.07) is 8.42. The number of phenols is 1. The van der Waals surface area contributed by atoms with Crippen LogP contribution < -0.4 is 5.32 Å². The molecule has 1 aromatic heterocycles. The van der Waals surface area contributed by atoms with Crippen molar-refractivity contribution in [2.24, 2.45) is 0 Å². The standard InChI is InChI=1S/C13H16N2O3/c16-8-10-6-9(3-4-11(10)17)12(18)7-15-13-2-1-5-14-13/h1-6,12,14-18H,7-8H2. The van der Waals surface area contributed by atoms with Gasteiger partial charge in [-0.2, -0.15) is 0 Å². The lowest BCUT2D eigenvalue weighted by Crippen LogP contribution is -2.12. The van der Waals surface area contributed by atoms with Crippen LogP contribution in [0.2, 0.25) is 0 Å². The average molecular weight is 248 g/mol. The predicted molar refractivity (Wildman–Crippen MR) is 68.3 cm³/mol. The van der Waals surface area contributed by atoms with Gasteiger partial charge >= 0.3 is 0 Å². The first kappa shape index (κ1) is 12.5. The molecule has 0 aliphatic carbocycles. The molecule has 5 heteroatoms. The van der Waals surface area contributed by atoms with Gasteiger partial charge in [-0.3, -0.25) is 0 Å². The van der Waals surface area contributed by atoms with Crippen LogP contribution in [0.1, 0.15) is 17.2 Å². The zero-order valence-corrected chi connectivity index (χ0v) is 9.80. The first-order chi connectivity index (χ1) is 8.70. The van der Waals surface area contributed by atoms with Gasteiger partial charge in [-0.15, -0.1) is 0 Å². The third-order valence-corrected chi connectivity index (χ3v) is 2.74. The summed E-state index contributed by atoms with van der Waals surface area (Å²) in [7, 11) is 0. The number of aromatic hydroxyl groups is 1. The summed E-state index contributed by atoms with van der Waals surface area (Å²) in [5.41, 5.74) is 1.06. The Bertz CT molecular complexity index is 497. The fourth-order valence-corrected chi connectivity index (χ4v) is 1.70. The van der Waals surface area contributed by atoms with Crippen molar-refractivity contribution in [3.05, 3.63) is 47.7 Å². The molecule has 1 unspecified atom stereocenters. The van der Waals surface area contributed by atoms with E-state index < -0.39 is 6.10 Å². The molecule has 0 spiro atoms. The molecule has 0 fully saturated rings. The molecule has 0 saturated heterocycles. The molecule has 0 aliphatic heterocycles. The maximum Gasteiger partial charge on any atom is 0.121 e. The number of hydrogen-bond donors (Lipinski definition) is 5. The molecular formula is C13H16N2O3. The van der Waals surface area contributed by atoms with Crippen molar-refractivity contribution in [2.75, 3.05) is 11.9 Å². The fraction of sp³-hybridized carbons (Fsp3) is 0.231. The van der Waals surface area contributed by atoms with Crippen LogP contribution in [0.25, 0.3) is 0 Å². The Morgan fingerprint density at radius 2 is 2.11 bits per heavy atom. The van der Waals surface area contributed by atoms with Crippen molar-refractivity contribution in [3.8, 4) is 5.75 Å². The Balaban J connectivity index is 2.02. The van der Waals surface area contributed by atoms with E-state index in [1.165, 1.54) is 6.07 Å². The summed E-state index contributed by atoms with van der Waals surface area (Å²) >= 11 is 0. The molecule has 0 radical (unpaired) electrons. The number of aromatic nitrogens is 1. The van der Waals surface area contributed by atoms with Crippen LogP contribution >= 0.6 is 0 Å². The third-order valence-electron chi connectivity index (χ3n) is 2.74. The molecule has 2 rings (SSSR count). The predicted octanol–water partition coefficient (Wildman–Crippen LogP) is 1.36. The lowest BCUT2D eigenvalue weighted by Gasteiger charge is -2.13. The van der Waals surface area contributed by atoms with Crippen molar-refractivity contribution in [1.29, 1.82) is 0 Å². The summed E-state index contributed by atoms with van der Waals surface area (Å²) in [5, 5.41) is 31.5. The van der Waals surface area contributed by atoms with Crippen LogP contribution in [0.4, 0.5) is 5.82 Å². The summed E-state index contributed by atoms with van der Waals surface area (Å²) in [5.74, 6) is 0.862. The normalized spacial score (nSPS) is 12.3. The molecule has 0 aliphatic rings. The Kier molecular flexibility index (Phi) is 3.86. The van der Waals surface area contributed by atoms with Crippen LogP contribution in [0, 0.1) is 0 Å². The van der Waals surface area contributed by atoms with E-state index in [4.69, 9.17) is 5.11 Å². The molecule has 0 amide bonds. The second-order valence-corrected chi connectivity index (χ2v) is 4.03. The van der Waals surface area contributed by atoms with Crippen LogP contribution in [-0.4, -0.2) is 26.8 Å². The lowest BCUT2D eigenvalue weighted by atomic mass is 10.1. The molecule has 0 bridgehead atoms. The van der Waals surface area contributed by atoms with E-state index in [0.29, 0.717) is 17.7 Å². The minimum absolute atomic E-state index is 0.0331. The van der Waals surface area contributed by atoms with Gasteiger partial charge in [0.1, 0.15) is 11.6 Å². The van der Waals surface area contributed by atoms with Gasteiger partial charge < -0.3 is 25.6 Å². The number of benzene rings is 1. The van der Waals surface area contributed by atoms with Crippen LogP contribution in [0.15, 0.2) is 36.5 Å². The summed E-state index contributed by atoms with van der Waals surface area (Å²) in [6.45, 7) is 0.0899. The molecular weight excluding hydrogens is 232 g/mol. The first-order valence-corrected chi connectivity index (χ1v) is 5.68. The molecule has 5 nitrogen and oxygen atoms in total. The maximum atomic E-state index is 9.99. The quantitative estimate of drug-likeness (QED) is 0.553. The minimum Gasteiger partial charge on any atom is -0.508 e. The lowest BCUT2D eigenvalue weighted by molar-refractivity contribution is 0.191. The molecule has 96 valence electrons. The van der Waals surface area contributed by atoms with Crippen molar-refractivity contribution < 1.29 is 15.3 Å². The summed E-state index contributed by atoms with van der Waals surface area (Å²) < 4.78 is 0. The first-order valence-electron chi connectivity index (χ1n) is 5.68. The van der Waals surface area contributed by atoms with Gasteiger partial charge in [0.25, 0.3) is 0 Å². The van der Waals surface area contributed by atoms with E-state index in [2.05, 4.69) is 10.3 Å². The molecule has 0 saturated carbocycles. The van der Waals surface area contributed by atoms with Gasteiger partial charge in [-0.05, 0) is 29.8 Å². The fourth-order valence-electron chi connectivity index (χ4n) is 1.70. The number of rotatable bonds is 5. The maximum absolute atomic E-state index is 9.99. The van der Waals surface area contributed by atoms with Crippen molar-refractivity contribution in [1.82, 2.24) is 4.98 Å². The highest BCUT2D eigenvalue weighted by Gasteiger charge is 2.10. The Hall–Kier alpha value is -1.98. The van der Waals surface area contributed by atoms with Gasteiger partial charge in [0, 0.05) is 18.3 Å². The molecule has 1 heterocycles. The van der Waals surface area contributed by atoms with Crippen LogP contribution in [0.5, 0.6) is 5.75 Å². The second-order valence-electron chi connectivity index (χ2n) is 4.03. The number of H-pyrrole nitrogens is 1. The highest BCUT2D eigenvalue weighted by Crippen LogP contribution is 2.22. The molecule has 2 aromatic rings. The van der Waals surface area contributed by atoms with Gasteiger partial charge in [0.2, 0.25) is 0 Å². The zero-order chi connectivity index (χ0) is 13.0. The van der Waals surface area contributed by atoms with E-state index in [1.807, 2.05) is 12.1 Å². The second kappa shape index (κ2) is 5.57. The molecule has 5 N–H and O–H groups in total.